The lowest BCUT2D eigenvalue weighted by Gasteiger charge is -2.14. The number of amides is 1. The van der Waals surface area contributed by atoms with Crippen LogP contribution in [0.25, 0.3) is 0 Å². The fraction of sp³-hybridized carbons (Fsp3) is 0.222. The number of esters is 1. The van der Waals surface area contributed by atoms with Gasteiger partial charge in [-0.15, -0.1) is 0 Å². The Kier molecular flexibility index (Phi) is 6.65. The van der Waals surface area contributed by atoms with E-state index in [1.165, 1.54) is 44.4 Å². The average Bonchev–Trinajstić information content (AvgIpc) is 2.63. The van der Waals surface area contributed by atoms with Gasteiger partial charge in [0, 0.05) is 19.8 Å². The van der Waals surface area contributed by atoms with Gasteiger partial charge < -0.3 is 15.2 Å². The minimum Gasteiger partial charge on any atom is -0.507 e. The third kappa shape index (κ3) is 5.00. The minimum absolute atomic E-state index is 0.00745. The van der Waals surface area contributed by atoms with Crippen molar-refractivity contribution in [2.24, 2.45) is 0 Å². The Hall–Kier alpha value is -2.62. The number of anilines is 1. The Morgan fingerprint density at radius 2 is 1.86 bits per heavy atom. The zero-order chi connectivity index (χ0) is 21.1. The summed E-state index contributed by atoms with van der Waals surface area (Å²) in [5, 5.41) is 12.1. The second kappa shape index (κ2) is 8.59. The highest BCUT2D eigenvalue weighted by Gasteiger charge is 2.22. The molecule has 150 valence electrons. The van der Waals surface area contributed by atoms with Crippen molar-refractivity contribution >= 4 is 39.2 Å². The molecule has 2 aromatic rings. The Balaban J connectivity index is 2.08. The van der Waals surface area contributed by atoms with E-state index in [-0.39, 0.29) is 26.9 Å². The van der Waals surface area contributed by atoms with Crippen LogP contribution in [0.5, 0.6) is 5.75 Å². The van der Waals surface area contributed by atoms with Gasteiger partial charge in [-0.25, -0.2) is 17.5 Å². The molecule has 0 aliphatic rings. The molecule has 0 aliphatic heterocycles. The number of benzene rings is 2. The third-order valence-corrected chi connectivity index (χ3v) is 5.98. The van der Waals surface area contributed by atoms with Crippen molar-refractivity contribution in [3.8, 4) is 5.75 Å². The largest absolute Gasteiger partial charge is 0.507 e. The van der Waals surface area contributed by atoms with Gasteiger partial charge in [-0.2, -0.15) is 0 Å². The van der Waals surface area contributed by atoms with Crippen molar-refractivity contribution in [2.45, 2.75) is 11.8 Å². The molecule has 0 saturated heterocycles. The number of sulfonamides is 1. The van der Waals surface area contributed by atoms with Crippen LogP contribution >= 0.6 is 11.6 Å². The first kappa shape index (κ1) is 21.7. The van der Waals surface area contributed by atoms with Crippen LogP contribution in [0, 0.1) is 6.92 Å². The zero-order valence-electron chi connectivity index (χ0n) is 15.4. The topological polar surface area (TPSA) is 113 Å². The van der Waals surface area contributed by atoms with E-state index in [1.54, 1.807) is 13.0 Å². The molecule has 0 aliphatic carbocycles. The summed E-state index contributed by atoms with van der Waals surface area (Å²) >= 11 is 5.95. The highest BCUT2D eigenvalue weighted by Crippen LogP contribution is 2.27. The van der Waals surface area contributed by atoms with Crippen LogP contribution in [0.4, 0.5) is 5.69 Å². The number of phenolic OH excluding ortho intramolecular Hbond substituents is 1. The smallest absolute Gasteiger partial charge is 0.342 e. The normalized spacial score (nSPS) is 11.3. The maximum absolute atomic E-state index is 12.3. The van der Waals surface area contributed by atoms with E-state index in [0.717, 1.165) is 9.87 Å². The number of rotatable bonds is 6. The van der Waals surface area contributed by atoms with Gasteiger partial charge in [0.15, 0.2) is 6.61 Å². The van der Waals surface area contributed by atoms with E-state index in [0.29, 0.717) is 0 Å². The van der Waals surface area contributed by atoms with Gasteiger partial charge in [-0.1, -0.05) is 23.2 Å². The molecule has 0 aromatic heterocycles. The molecule has 0 unspecified atom stereocenters. The highest BCUT2D eigenvalue weighted by atomic mass is 35.5. The summed E-state index contributed by atoms with van der Waals surface area (Å²) in [6.07, 6.45) is 0. The number of hydrogen-bond donors (Lipinski definition) is 2. The molecule has 2 aromatic carbocycles. The maximum atomic E-state index is 12.3. The fourth-order valence-corrected chi connectivity index (χ4v) is 3.59. The van der Waals surface area contributed by atoms with Gasteiger partial charge in [-0.05, 0) is 37.3 Å². The quantitative estimate of drug-likeness (QED) is 0.686. The van der Waals surface area contributed by atoms with Crippen LogP contribution in [-0.4, -0.2) is 50.4 Å². The van der Waals surface area contributed by atoms with Gasteiger partial charge in [-0.3, -0.25) is 4.79 Å². The SMILES string of the molecule is Cc1ccc(O)c(C(=O)OCC(=O)Nc2ccc(Cl)c(S(=O)(=O)N(C)C)c2)c1. The molecule has 0 fully saturated rings. The molecular weight excluding hydrogens is 408 g/mol. The van der Waals surface area contributed by atoms with E-state index < -0.39 is 28.5 Å². The Morgan fingerprint density at radius 1 is 1.18 bits per heavy atom. The molecule has 28 heavy (non-hydrogen) atoms. The van der Waals surface area contributed by atoms with Gasteiger partial charge >= 0.3 is 5.97 Å². The summed E-state index contributed by atoms with van der Waals surface area (Å²) in [6.45, 7) is 1.12. The summed E-state index contributed by atoms with van der Waals surface area (Å²) in [5.74, 6) is -1.80. The number of nitrogens with zero attached hydrogens (tertiary/aromatic N) is 1. The standard InChI is InChI=1S/C18H19ClN2O6S/c1-11-4-7-15(22)13(8-11)18(24)27-10-17(23)20-12-5-6-14(19)16(9-12)28(25,26)21(2)3/h4-9,22H,10H2,1-3H3,(H,20,23). The van der Waals surface area contributed by atoms with Crippen molar-refractivity contribution in [3.63, 3.8) is 0 Å². The lowest BCUT2D eigenvalue weighted by atomic mass is 10.1. The van der Waals surface area contributed by atoms with Crippen molar-refractivity contribution in [2.75, 3.05) is 26.0 Å². The number of aromatic hydroxyl groups is 1. The first-order chi connectivity index (χ1) is 13.0. The fourth-order valence-electron chi connectivity index (χ4n) is 2.19. The number of ether oxygens (including phenoxy) is 1. The van der Waals surface area contributed by atoms with Crippen LogP contribution in [0.3, 0.4) is 0 Å². The number of hydrogen-bond acceptors (Lipinski definition) is 6. The molecule has 0 heterocycles. The maximum Gasteiger partial charge on any atom is 0.342 e. The molecule has 1 amide bonds. The van der Waals surface area contributed by atoms with Crippen molar-refractivity contribution < 1.29 is 27.9 Å². The summed E-state index contributed by atoms with van der Waals surface area (Å²) in [7, 11) is -1.08. The van der Waals surface area contributed by atoms with E-state index >= 15 is 0 Å². The van der Waals surface area contributed by atoms with Crippen molar-refractivity contribution in [1.82, 2.24) is 4.31 Å². The van der Waals surface area contributed by atoms with Crippen LogP contribution in [0.2, 0.25) is 5.02 Å². The summed E-state index contributed by atoms with van der Waals surface area (Å²) in [6, 6.07) is 8.38. The lowest BCUT2D eigenvalue weighted by molar-refractivity contribution is -0.119. The van der Waals surface area contributed by atoms with Gasteiger partial charge in [0.2, 0.25) is 10.0 Å². The molecule has 0 saturated carbocycles. The van der Waals surface area contributed by atoms with Gasteiger partial charge in [0.1, 0.15) is 16.2 Å². The summed E-state index contributed by atoms with van der Waals surface area (Å²) in [5.41, 5.74) is 0.855. The Labute approximate surface area is 167 Å². The summed E-state index contributed by atoms with van der Waals surface area (Å²) < 4.78 is 30.4. The predicted octanol–water partition coefficient (Wildman–Crippen LogP) is 2.40. The molecule has 2 N–H and O–H groups in total. The number of carbonyl (C=O) groups is 2. The molecule has 8 nitrogen and oxygen atoms in total. The number of halogens is 1. The van der Waals surface area contributed by atoms with Crippen LogP contribution in [0.1, 0.15) is 15.9 Å². The lowest BCUT2D eigenvalue weighted by Crippen LogP contribution is -2.23. The number of aryl methyl sites for hydroxylation is 1. The van der Waals surface area contributed by atoms with Crippen LogP contribution < -0.4 is 5.32 Å². The first-order valence-electron chi connectivity index (χ1n) is 8.01. The second-order valence-electron chi connectivity index (χ2n) is 6.08. The third-order valence-electron chi connectivity index (χ3n) is 3.68. The number of nitrogens with one attached hydrogen (secondary N) is 1. The number of carbonyl (C=O) groups excluding carboxylic acids is 2. The second-order valence-corrected chi connectivity index (χ2v) is 8.60. The van der Waals surface area contributed by atoms with E-state index in [9.17, 15) is 23.1 Å². The van der Waals surface area contributed by atoms with Crippen LogP contribution in [0.15, 0.2) is 41.3 Å². The van der Waals surface area contributed by atoms with Crippen LogP contribution in [-0.2, 0) is 19.6 Å². The van der Waals surface area contributed by atoms with E-state index in [2.05, 4.69) is 5.32 Å². The monoisotopic (exact) mass is 426 g/mol. The zero-order valence-corrected chi connectivity index (χ0v) is 17.0. The minimum atomic E-state index is -3.80. The predicted molar refractivity (Wildman–Crippen MR) is 104 cm³/mol. The van der Waals surface area contributed by atoms with Gasteiger partial charge in [0.05, 0.1) is 5.02 Å². The molecule has 0 bridgehead atoms. The Morgan fingerprint density at radius 3 is 2.50 bits per heavy atom. The highest BCUT2D eigenvalue weighted by molar-refractivity contribution is 7.89. The van der Waals surface area contributed by atoms with E-state index in [4.69, 9.17) is 16.3 Å². The van der Waals surface area contributed by atoms with E-state index in [1.807, 2.05) is 0 Å². The molecule has 0 atom stereocenters. The van der Waals surface area contributed by atoms with Crippen molar-refractivity contribution in [1.29, 1.82) is 0 Å². The molecule has 10 heteroatoms. The first-order valence-corrected chi connectivity index (χ1v) is 9.83. The average molecular weight is 427 g/mol. The molecule has 0 radical (unpaired) electrons. The van der Waals surface area contributed by atoms with Crippen molar-refractivity contribution in [3.05, 3.63) is 52.5 Å². The molecule has 0 spiro atoms. The van der Waals surface area contributed by atoms with Gasteiger partial charge in [0.25, 0.3) is 5.91 Å². The number of phenols is 1. The summed E-state index contributed by atoms with van der Waals surface area (Å²) in [4.78, 5) is 23.9. The molecule has 2 rings (SSSR count). The Bertz CT molecular complexity index is 1020. The molecular formula is C18H19ClN2O6S.